The largest absolute Gasteiger partial charge is 0.330 e. The molecule has 2 rings (SSSR count). The molecule has 0 saturated heterocycles. The highest BCUT2D eigenvalue weighted by molar-refractivity contribution is 8.16. The molecule has 0 radical (unpaired) electrons. The Labute approximate surface area is 92.4 Å². The summed E-state index contributed by atoms with van der Waals surface area (Å²) in [5.74, 6) is 1.95. The van der Waals surface area contributed by atoms with Crippen molar-refractivity contribution in [2.24, 2.45) is 10.7 Å². The van der Waals surface area contributed by atoms with Crippen molar-refractivity contribution in [3.8, 4) is 0 Å². The molecule has 74 valence electrons. The van der Waals surface area contributed by atoms with Gasteiger partial charge in [0.1, 0.15) is 0 Å². The number of thioether (sulfide) groups is 2. The molecule has 1 aliphatic rings. The minimum Gasteiger partial charge on any atom is -0.330 e. The lowest BCUT2D eigenvalue weighted by atomic mass is 10.3. The zero-order valence-electron chi connectivity index (χ0n) is 7.77. The fourth-order valence-electron chi connectivity index (χ4n) is 1.23. The van der Waals surface area contributed by atoms with Crippen molar-refractivity contribution in [2.75, 3.05) is 18.1 Å². The van der Waals surface area contributed by atoms with E-state index in [2.05, 4.69) is 23.2 Å². The van der Waals surface area contributed by atoms with E-state index in [0.717, 1.165) is 23.7 Å². The first kappa shape index (κ1) is 10.1. The third-order valence-corrected chi connectivity index (χ3v) is 4.11. The van der Waals surface area contributed by atoms with Crippen LogP contribution in [-0.4, -0.2) is 23.1 Å². The number of fused-ring (bicyclic) bond motifs is 1. The van der Waals surface area contributed by atoms with Crippen molar-refractivity contribution in [1.82, 2.24) is 0 Å². The minimum absolute atomic E-state index is 0.718. The van der Waals surface area contributed by atoms with E-state index in [0.29, 0.717) is 0 Å². The molecular formula is C10H12N2S2. The molecule has 2 nitrogen and oxygen atoms in total. The summed E-state index contributed by atoms with van der Waals surface area (Å²) in [6.45, 7) is 0.718. The fraction of sp³-hybridized carbons (Fsp3) is 0.300. The van der Waals surface area contributed by atoms with Gasteiger partial charge in [-0.25, -0.2) is 4.99 Å². The van der Waals surface area contributed by atoms with Gasteiger partial charge in [0.05, 0.1) is 10.7 Å². The highest BCUT2D eigenvalue weighted by Crippen LogP contribution is 2.35. The molecule has 14 heavy (non-hydrogen) atoms. The number of hydrogen-bond acceptors (Lipinski definition) is 4. The van der Waals surface area contributed by atoms with Crippen molar-refractivity contribution in [3.63, 3.8) is 0 Å². The van der Waals surface area contributed by atoms with E-state index in [9.17, 15) is 0 Å². The Kier molecular flexibility index (Phi) is 3.50. The van der Waals surface area contributed by atoms with E-state index in [1.165, 1.54) is 9.94 Å². The quantitative estimate of drug-likeness (QED) is 0.839. The highest BCUT2D eigenvalue weighted by atomic mass is 32.2. The second kappa shape index (κ2) is 4.87. The predicted molar refractivity (Wildman–Crippen MR) is 65.8 cm³/mol. The average molecular weight is 224 g/mol. The van der Waals surface area contributed by atoms with Crippen molar-refractivity contribution >= 4 is 34.3 Å². The summed E-state index contributed by atoms with van der Waals surface area (Å²) in [6.07, 6.45) is 0. The molecule has 0 unspecified atom stereocenters. The number of aliphatic imine (C=N–C) groups is 1. The van der Waals surface area contributed by atoms with Crippen LogP contribution in [0.5, 0.6) is 0 Å². The lowest BCUT2D eigenvalue weighted by molar-refractivity contribution is 1.15. The maximum Gasteiger partial charge on any atom is 0.0842 e. The Morgan fingerprint density at radius 1 is 1.43 bits per heavy atom. The first-order chi connectivity index (χ1) is 6.90. The van der Waals surface area contributed by atoms with E-state index in [-0.39, 0.29) is 0 Å². The van der Waals surface area contributed by atoms with Crippen LogP contribution in [0.2, 0.25) is 0 Å². The summed E-state index contributed by atoms with van der Waals surface area (Å²) in [6, 6.07) is 8.26. The first-order valence-electron chi connectivity index (χ1n) is 4.52. The smallest absolute Gasteiger partial charge is 0.0842 e. The molecule has 0 aromatic heterocycles. The third-order valence-electron chi connectivity index (χ3n) is 1.85. The number of nitrogens with two attached hydrogens (primary N) is 1. The summed E-state index contributed by atoms with van der Waals surface area (Å²) in [4.78, 5) is 5.87. The zero-order chi connectivity index (χ0) is 9.80. The van der Waals surface area contributed by atoms with Crippen LogP contribution in [0.15, 0.2) is 34.2 Å². The normalized spacial score (nSPS) is 14.8. The molecule has 1 aromatic rings. The summed E-state index contributed by atoms with van der Waals surface area (Å²) < 4.78 is 0. The van der Waals surface area contributed by atoms with Crippen LogP contribution in [0.4, 0.5) is 5.69 Å². The van der Waals surface area contributed by atoms with Crippen LogP contribution in [0.3, 0.4) is 0 Å². The van der Waals surface area contributed by atoms with Gasteiger partial charge in [-0.1, -0.05) is 12.1 Å². The standard InChI is InChI=1S/C10H12N2S2/c11-5-6-13-10-7-14-9-4-2-1-3-8(9)12-10/h1-4H,5-7,11H2. The maximum atomic E-state index is 5.46. The lowest BCUT2D eigenvalue weighted by Crippen LogP contribution is -2.07. The van der Waals surface area contributed by atoms with Crippen LogP contribution in [0.1, 0.15) is 0 Å². The number of para-hydroxylation sites is 1. The second-order valence-electron chi connectivity index (χ2n) is 2.90. The van der Waals surface area contributed by atoms with Crippen LogP contribution >= 0.6 is 23.5 Å². The molecule has 4 heteroatoms. The summed E-state index contributed by atoms with van der Waals surface area (Å²) in [5, 5.41) is 1.19. The zero-order valence-corrected chi connectivity index (χ0v) is 9.40. The Morgan fingerprint density at radius 2 is 2.29 bits per heavy atom. The monoisotopic (exact) mass is 224 g/mol. The van der Waals surface area contributed by atoms with Crippen molar-refractivity contribution in [3.05, 3.63) is 24.3 Å². The van der Waals surface area contributed by atoms with Gasteiger partial charge in [0.2, 0.25) is 0 Å². The van der Waals surface area contributed by atoms with Gasteiger partial charge in [0.15, 0.2) is 0 Å². The topological polar surface area (TPSA) is 38.4 Å². The number of rotatable bonds is 2. The summed E-state index contributed by atoms with van der Waals surface area (Å²) >= 11 is 3.62. The molecule has 1 heterocycles. The molecule has 1 aliphatic heterocycles. The highest BCUT2D eigenvalue weighted by Gasteiger charge is 2.11. The maximum absolute atomic E-state index is 5.46. The SMILES string of the molecule is NCCSC1=Nc2ccccc2SC1. The lowest BCUT2D eigenvalue weighted by Gasteiger charge is -2.13. The van der Waals surface area contributed by atoms with E-state index in [4.69, 9.17) is 5.73 Å². The summed E-state index contributed by atoms with van der Waals surface area (Å²) in [5.41, 5.74) is 6.56. The van der Waals surface area contributed by atoms with Gasteiger partial charge in [-0.15, -0.1) is 23.5 Å². The minimum atomic E-state index is 0.718. The number of benzene rings is 1. The number of hydrogen-bond donors (Lipinski definition) is 1. The van der Waals surface area contributed by atoms with Gasteiger partial charge in [-0.2, -0.15) is 0 Å². The Morgan fingerprint density at radius 3 is 3.14 bits per heavy atom. The van der Waals surface area contributed by atoms with E-state index in [1.54, 1.807) is 11.8 Å². The molecule has 0 fully saturated rings. The molecule has 0 saturated carbocycles. The Bertz CT molecular complexity index is 350. The van der Waals surface area contributed by atoms with Crippen molar-refractivity contribution in [2.45, 2.75) is 4.90 Å². The van der Waals surface area contributed by atoms with Gasteiger partial charge >= 0.3 is 0 Å². The van der Waals surface area contributed by atoms with Gasteiger partial charge < -0.3 is 5.73 Å². The Hall–Kier alpha value is -0.450. The third kappa shape index (κ3) is 2.32. The fourth-order valence-corrected chi connectivity index (χ4v) is 3.03. The molecule has 0 bridgehead atoms. The molecule has 1 aromatic carbocycles. The van der Waals surface area contributed by atoms with Crippen molar-refractivity contribution < 1.29 is 0 Å². The first-order valence-corrected chi connectivity index (χ1v) is 6.49. The van der Waals surface area contributed by atoms with Crippen molar-refractivity contribution in [1.29, 1.82) is 0 Å². The van der Waals surface area contributed by atoms with Crippen LogP contribution in [0, 0.1) is 0 Å². The second-order valence-corrected chi connectivity index (χ2v) is 5.08. The average Bonchev–Trinajstić information content (AvgIpc) is 2.26. The summed E-state index contributed by atoms with van der Waals surface area (Å²) in [7, 11) is 0. The van der Waals surface area contributed by atoms with E-state index < -0.39 is 0 Å². The van der Waals surface area contributed by atoms with Crippen LogP contribution in [-0.2, 0) is 0 Å². The van der Waals surface area contributed by atoms with Crippen LogP contribution in [0.25, 0.3) is 0 Å². The molecule has 0 aliphatic carbocycles. The molecule has 0 amide bonds. The van der Waals surface area contributed by atoms with Gasteiger partial charge in [0, 0.05) is 22.9 Å². The molecule has 0 spiro atoms. The number of nitrogens with zero attached hydrogens (tertiary/aromatic N) is 1. The van der Waals surface area contributed by atoms with E-state index in [1.807, 2.05) is 17.8 Å². The van der Waals surface area contributed by atoms with Crippen LogP contribution < -0.4 is 5.73 Å². The Balaban J connectivity index is 2.14. The molecular weight excluding hydrogens is 212 g/mol. The van der Waals surface area contributed by atoms with Gasteiger partial charge in [0.25, 0.3) is 0 Å². The van der Waals surface area contributed by atoms with Gasteiger partial charge in [-0.05, 0) is 12.1 Å². The molecule has 0 atom stereocenters. The molecule has 2 N–H and O–H groups in total. The van der Waals surface area contributed by atoms with Gasteiger partial charge in [-0.3, -0.25) is 0 Å². The van der Waals surface area contributed by atoms with E-state index >= 15 is 0 Å². The predicted octanol–water partition coefficient (Wildman–Crippen LogP) is 2.51.